The number of piperidine rings is 1. The standard InChI is InChI=1S/C17H27N3O4S.ClH/c1-13-4-3-9-20(11-13)25(22,23)15-7-5-14(6-8-15)10-19-17(21)16(18)12-24-2;/h5-8,13,16H,3-4,9-12,18H2,1-2H3,(H,19,21);1H. The number of carbonyl (C=O) groups is 1. The molecule has 1 aliphatic heterocycles. The molecule has 0 aliphatic carbocycles. The number of nitrogens with zero attached hydrogens (tertiary/aromatic N) is 1. The van der Waals surface area contributed by atoms with Crippen LogP contribution in [0.5, 0.6) is 0 Å². The van der Waals surface area contributed by atoms with Crippen molar-refractivity contribution in [2.45, 2.75) is 37.2 Å². The molecule has 1 aromatic rings. The van der Waals surface area contributed by atoms with E-state index in [-0.39, 0.29) is 36.4 Å². The van der Waals surface area contributed by atoms with Crippen molar-refractivity contribution >= 4 is 28.3 Å². The second-order valence-electron chi connectivity index (χ2n) is 6.53. The Bertz CT molecular complexity index is 682. The maximum absolute atomic E-state index is 12.7. The Kier molecular flexibility index (Phi) is 8.99. The van der Waals surface area contributed by atoms with Crippen molar-refractivity contribution in [3.05, 3.63) is 29.8 Å². The zero-order valence-corrected chi connectivity index (χ0v) is 16.8. The fraction of sp³-hybridized carbons (Fsp3) is 0.588. The third-order valence-electron chi connectivity index (χ3n) is 4.33. The molecular weight excluding hydrogens is 378 g/mol. The Morgan fingerprint density at radius 3 is 2.62 bits per heavy atom. The summed E-state index contributed by atoms with van der Waals surface area (Å²) >= 11 is 0. The molecule has 1 fully saturated rings. The van der Waals surface area contributed by atoms with Crippen molar-refractivity contribution < 1.29 is 17.9 Å². The van der Waals surface area contributed by atoms with Gasteiger partial charge in [0.05, 0.1) is 11.5 Å². The number of nitrogens with one attached hydrogen (secondary N) is 1. The molecule has 1 aliphatic rings. The molecule has 148 valence electrons. The van der Waals surface area contributed by atoms with Crippen LogP contribution >= 0.6 is 12.4 Å². The molecule has 2 rings (SSSR count). The number of amides is 1. The summed E-state index contributed by atoms with van der Waals surface area (Å²) in [7, 11) is -1.97. The van der Waals surface area contributed by atoms with Gasteiger partial charge in [0.25, 0.3) is 0 Å². The van der Waals surface area contributed by atoms with Crippen molar-refractivity contribution in [1.82, 2.24) is 9.62 Å². The summed E-state index contributed by atoms with van der Waals surface area (Å²) in [5.74, 6) is 0.0789. The van der Waals surface area contributed by atoms with E-state index in [4.69, 9.17) is 10.5 Å². The number of halogens is 1. The van der Waals surface area contributed by atoms with Crippen LogP contribution in [0, 0.1) is 5.92 Å². The quantitative estimate of drug-likeness (QED) is 0.707. The predicted molar refractivity (Wildman–Crippen MR) is 103 cm³/mol. The Morgan fingerprint density at radius 2 is 2.04 bits per heavy atom. The molecule has 26 heavy (non-hydrogen) atoms. The minimum Gasteiger partial charge on any atom is -0.383 e. The highest BCUT2D eigenvalue weighted by Gasteiger charge is 2.28. The number of nitrogens with two attached hydrogens (primary N) is 1. The summed E-state index contributed by atoms with van der Waals surface area (Å²) in [5, 5.41) is 2.71. The lowest BCUT2D eigenvalue weighted by molar-refractivity contribution is -0.123. The normalized spacial score (nSPS) is 19.4. The summed E-state index contributed by atoms with van der Waals surface area (Å²) in [6.07, 6.45) is 1.96. The molecule has 0 aromatic heterocycles. The van der Waals surface area contributed by atoms with E-state index in [2.05, 4.69) is 12.2 Å². The number of rotatable bonds is 7. The molecule has 1 amide bonds. The van der Waals surface area contributed by atoms with Gasteiger partial charge in [-0.1, -0.05) is 19.1 Å². The van der Waals surface area contributed by atoms with E-state index in [1.54, 1.807) is 28.6 Å². The minimum atomic E-state index is -3.45. The van der Waals surface area contributed by atoms with Crippen LogP contribution in [-0.4, -0.2) is 51.5 Å². The highest BCUT2D eigenvalue weighted by molar-refractivity contribution is 7.89. The number of hydrogen-bond donors (Lipinski definition) is 2. The van der Waals surface area contributed by atoms with Gasteiger partial charge in [-0.15, -0.1) is 12.4 Å². The minimum absolute atomic E-state index is 0. The van der Waals surface area contributed by atoms with E-state index in [1.807, 2.05) is 0 Å². The summed E-state index contributed by atoms with van der Waals surface area (Å²) in [5.41, 5.74) is 6.45. The zero-order valence-electron chi connectivity index (χ0n) is 15.2. The lowest BCUT2D eigenvalue weighted by atomic mass is 10.0. The molecule has 2 atom stereocenters. The average molecular weight is 406 g/mol. The molecule has 1 heterocycles. The van der Waals surface area contributed by atoms with Gasteiger partial charge in [0.15, 0.2) is 0 Å². The first kappa shape index (κ1) is 22.9. The van der Waals surface area contributed by atoms with Gasteiger partial charge in [-0.3, -0.25) is 4.79 Å². The molecule has 0 radical (unpaired) electrons. The van der Waals surface area contributed by atoms with Crippen molar-refractivity contribution in [1.29, 1.82) is 0 Å². The van der Waals surface area contributed by atoms with E-state index in [9.17, 15) is 13.2 Å². The second kappa shape index (κ2) is 10.2. The van der Waals surface area contributed by atoms with E-state index in [0.717, 1.165) is 18.4 Å². The molecule has 7 nitrogen and oxygen atoms in total. The van der Waals surface area contributed by atoms with Gasteiger partial charge in [0.2, 0.25) is 15.9 Å². The van der Waals surface area contributed by atoms with E-state index in [0.29, 0.717) is 19.0 Å². The third kappa shape index (κ3) is 5.92. The topological polar surface area (TPSA) is 102 Å². The highest BCUT2D eigenvalue weighted by Crippen LogP contribution is 2.23. The van der Waals surface area contributed by atoms with Gasteiger partial charge in [-0.2, -0.15) is 4.31 Å². The first-order valence-electron chi connectivity index (χ1n) is 8.46. The molecule has 0 bridgehead atoms. The molecule has 1 aromatic carbocycles. The fourth-order valence-corrected chi connectivity index (χ4v) is 4.47. The number of ether oxygens (including phenoxy) is 1. The molecule has 0 saturated carbocycles. The van der Waals surface area contributed by atoms with Crippen LogP contribution in [0.15, 0.2) is 29.2 Å². The van der Waals surface area contributed by atoms with Crippen LogP contribution in [0.1, 0.15) is 25.3 Å². The van der Waals surface area contributed by atoms with Gasteiger partial charge >= 0.3 is 0 Å². The Morgan fingerprint density at radius 1 is 1.38 bits per heavy atom. The lowest BCUT2D eigenvalue weighted by Gasteiger charge is -2.30. The maximum atomic E-state index is 12.7. The van der Waals surface area contributed by atoms with Crippen molar-refractivity contribution in [2.24, 2.45) is 11.7 Å². The van der Waals surface area contributed by atoms with E-state index < -0.39 is 16.1 Å². The van der Waals surface area contributed by atoms with Crippen LogP contribution in [0.25, 0.3) is 0 Å². The van der Waals surface area contributed by atoms with Crippen LogP contribution < -0.4 is 11.1 Å². The number of methoxy groups -OCH3 is 1. The Labute approximate surface area is 161 Å². The summed E-state index contributed by atoms with van der Waals surface area (Å²) in [6, 6.07) is 5.88. The van der Waals surface area contributed by atoms with E-state index >= 15 is 0 Å². The first-order chi connectivity index (χ1) is 11.8. The number of hydrogen-bond acceptors (Lipinski definition) is 5. The smallest absolute Gasteiger partial charge is 0.243 e. The van der Waals surface area contributed by atoms with Crippen molar-refractivity contribution in [3.8, 4) is 0 Å². The Hall–Kier alpha value is -1.19. The number of benzene rings is 1. The second-order valence-corrected chi connectivity index (χ2v) is 8.47. The average Bonchev–Trinajstić information content (AvgIpc) is 2.60. The van der Waals surface area contributed by atoms with Crippen LogP contribution in [0.4, 0.5) is 0 Å². The fourth-order valence-electron chi connectivity index (χ4n) is 2.87. The SMILES string of the molecule is COCC(N)C(=O)NCc1ccc(S(=O)(=O)N2CCCC(C)C2)cc1.Cl. The highest BCUT2D eigenvalue weighted by atomic mass is 35.5. The van der Waals surface area contributed by atoms with E-state index in [1.165, 1.54) is 7.11 Å². The molecule has 9 heteroatoms. The van der Waals surface area contributed by atoms with Crippen LogP contribution in [-0.2, 0) is 26.1 Å². The third-order valence-corrected chi connectivity index (χ3v) is 6.21. The summed E-state index contributed by atoms with van der Waals surface area (Å²) < 4.78 is 31.8. The molecule has 3 N–H and O–H groups in total. The molecule has 2 unspecified atom stereocenters. The van der Waals surface area contributed by atoms with Gasteiger partial charge in [-0.05, 0) is 36.5 Å². The zero-order chi connectivity index (χ0) is 18.4. The van der Waals surface area contributed by atoms with Gasteiger partial charge in [0.1, 0.15) is 6.04 Å². The van der Waals surface area contributed by atoms with Gasteiger partial charge < -0.3 is 15.8 Å². The summed E-state index contributed by atoms with van der Waals surface area (Å²) in [6.45, 7) is 3.65. The predicted octanol–water partition coefficient (Wildman–Crippen LogP) is 1.12. The van der Waals surface area contributed by atoms with Crippen molar-refractivity contribution in [3.63, 3.8) is 0 Å². The van der Waals surface area contributed by atoms with Crippen molar-refractivity contribution in [2.75, 3.05) is 26.8 Å². The first-order valence-corrected chi connectivity index (χ1v) is 9.90. The number of carbonyl (C=O) groups excluding carboxylic acids is 1. The van der Waals surface area contributed by atoms with Crippen LogP contribution in [0.2, 0.25) is 0 Å². The largest absolute Gasteiger partial charge is 0.383 e. The van der Waals surface area contributed by atoms with Crippen LogP contribution in [0.3, 0.4) is 0 Å². The number of sulfonamides is 1. The molecule has 1 saturated heterocycles. The van der Waals surface area contributed by atoms with Gasteiger partial charge in [0, 0.05) is 26.7 Å². The summed E-state index contributed by atoms with van der Waals surface area (Å²) in [4.78, 5) is 12.0. The Balaban J connectivity index is 0.00000338. The van der Waals surface area contributed by atoms with Gasteiger partial charge in [-0.25, -0.2) is 8.42 Å². The lowest BCUT2D eigenvalue weighted by Crippen LogP contribution is -2.43. The molecular formula is C17H28ClN3O4S. The maximum Gasteiger partial charge on any atom is 0.243 e. The molecule has 0 spiro atoms. The monoisotopic (exact) mass is 405 g/mol.